The lowest BCUT2D eigenvalue weighted by atomic mass is 10.0. The summed E-state index contributed by atoms with van der Waals surface area (Å²) in [5.74, 6) is 0.839. The fraction of sp³-hybridized carbons (Fsp3) is 0.545. The van der Waals surface area contributed by atoms with Crippen LogP contribution in [0.15, 0.2) is 29.0 Å². The summed E-state index contributed by atoms with van der Waals surface area (Å²) in [5.41, 5.74) is 6.38. The van der Waals surface area contributed by atoms with Gasteiger partial charge in [0.2, 0.25) is 0 Å². The Balaban J connectivity index is 2.25. The highest BCUT2D eigenvalue weighted by Crippen LogP contribution is 2.31. The van der Waals surface area contributed by atoms with Crippen LogP contribution < -0.4 is 0 Å². The van der Waals surface area contributed by atoms with Crippen molar-refractivity contribution in [3.8, 4) is 0 Å². The molecule has 0 aromatic heterocycles. The Hall–Kier alpha value is -0.740. The topological polar surface area (TPSA) is 0 Å². The Kier molecular flexibility index (Phi) is 1.71. The molecule has 0 saturated heterocycles. The van der Waals surface area contributed by atoms with Crippen molar-refractivity contribution in [3.05, 3.63) is 29.0 Å². The first-order valence-electron chi connectivity index (χ1n) is 4.45. The van der Waals surface area contributed by atoms with Crippen molar-refractivity contribution in [1.29, 1.82) is 0 Å². The lowest BCUT2D eigenvalue weighted by Crippen LogP contribution is -1.87. The lowest BCUT2D eigenvalue weighted by Gasteiger charge is -2.02. The summed E-state index contributed by atoms with van der Waals surface area (Å²) >= 11 is 0. The molecule has 1 unspecified atom stereocenters. The second-order valence-corrected chi connectivity index (χ2v) is 3.66. The van der Waals surface area contributed by atoms with E-state index in [0.717, 1.165) is 5.92 Å². The summed E-state index contributed by atoms with van der Waals surface area (Å²) in [6.45, 7) is 2.18. The maximum Gasteiger partial charge on any atom is -0.00350 e. The molecule has 0 amide bonds. The van der Waals surface area contributed by atoms with Crippen LogP contribution in [0, 0.1) is 5.92 Å². The molecule has 0 saturated carbocycles. The van der Waals surface area contributed by atoms with Crippen molar-refractivity contribution in [2.24, 2.45) is 5.92 Å². The van der Waals surface area contributed by atoms with E-state index in [4.69, 9.17) is 0 Å². The third-order valence-electron chi connectivity index (χ3n) is 2.57. The predicted octanol–water partition coefficient (Wildman–Crippen LogP) is 3.22. The molecular weight excluding hydrogens is 132 g/mol. The fourth-order valence-corrected chi connectivity index (χ4v) is 1.98. The van der Waals surface area contributed by atoms with E-state index in [2.05, 4.69) is 24.8 Å². The highest BCUT2D eigenvalue weighted by atomic mass is 14.2. The molecule has 2 bridgehead atoms. The highest BCUT2D eigenvalue weighted by molar-refractivity contribution is 5.21. The maximum atomic E-state index is 3.34. The van der Waals surface area contributed by atoms with Crippen LogP contribution in [0.5, 0.6) is 0 Å². The number of allylic oxidation sites excluding steroid dienone is 3. The smallest absolute Gasteiger partial charge is 0.00350 e. The van der Waals surface area contributed by atoms with Crippen molar-refractivity contribution >= 4 is 0 Å². The Labute approximate surface area is 68.3 Å². The van der Waals surface area contributed by atoms with Gasteiger partial charge in [0, 0.05) is 0 Å². The number of hydrogen-bond acceptors (Lipinski definition) is 0. The van der Waals surface area contributed by atoms with Crippen LogP contribution in [-0.4, -0.2) is 0 Å². The zero-order valence-corrected chi connectivity index (χ0v) is 7.06. The molecule has 0 spiro atoms. The van der Waals surface area contributed by atoms with Gasteiger partial charge in [0.15, 0.2) is 0 Å². The van der Waals surface area contributed by atoms with Crippen LogP contribution in [0.4, 0.5) is 0 Å². The van der Waals surface area contributed by atoms with E-state index in [1.54, 1.807) is 5.57 Å². The number of fused-ring (bicyclic) bond motifs is 1. The minimum Gasteiger partial charge on any atom is -0.126 e. The number of rotatable bonds is 0. The van der Waals surface area contributed by atoms with Gasteiger partial charge in [0.05, 0.1) is 0 Å². The summed E-state index contributed by atoms with van der Waals surface area (Å²) in [6, 6.07) is 0. The first-order chi connectivity index (χ1) is 5.34. The molecule has 0 N–H and O–H groups in total. The second-order valence-electron chi connectivity index (χ2n) is 3.66. The van der Waals surface area contributed by atoms with Gasteiger partial charge in [-0.05, 0) is 50.2 Å². The van der Waals surface area contributed by atoms with E-state index in [1.165, 1.54) is 31.3 Å². The molecule has 2 rings (SSSR count). The van der Waals surface area contributed by atoms with E-state index < -0.39 is 0 Å². The van der Waals surface area contributed by atoms with E-state index in [-0.39, 0.29) is 0 Å². The van der Waals surface area contributed by atoms with Gasteiger partial charge in [-0.15, -0.1) is 5.73 Å². The van der Waals surface area contributed by atoms with Crippen molar-refractivity contribution in [1.82, 2.24) is 0 Å². The minimum absolute atomic E-state index is 0.839. The lowest BCUT2D eigenvalue weighted by molar-refractivity contribution is 0.642. The normalized spacial score (nSPS) is 29.0. The van der Waals surface area contributed by atoms with Crippen LogP contribution in [0.1, 0.15) is 32.6 Å². The third-order valence-corrected chi connectivity index (χ3v) is 2.57. The summed E-state index contributed by atoms with van der Waals surface area (Å²) < 4.78 is 0. The zero-order chi connectivity index (χ0) is 7.68. The molecule has 0 heteroatoms. The molecule has 0 aromatic rings. The van der Waals surface area contributed by atoms with Crippen molar-refractivity contribution in [3.63, 3.8) is 0 Å². The molecule has 0 aliphatic heterocycles. The summed E-state index contributed by atoms with van der Waals surface area (Å²) in [7, 11) is 0. The average molecular weight is 146 g/mol. The van der Waals surface area contributed by atoms with Gasteiger partial charge in [-0.25, -0.2) is 0 Å². The highest BCUT2D eigenvalue weighted by Gasteiger charge is 2.15. The first kappa shape index (κ1) is 6.94. The molecule has 0 heterocycles. The van der Waals surface area contributed by atoms with E-state index in [9.17, 15) is 0 Å². The van der Waals surface area contributed by atoms with Crippen molar-refractivity contribution in [2.75, 3.05) is 0 Å². The number of hydrogen-bond donors (Lipinski definition) is 0. The standard InChI is InChI=1S/C11H14/c1-9-3-2-4-10-5-6-11(7-9)8-10/h2,8,10H,4-7H2,1H3. The molecule has 0 radical (unpaired) electrons. The Morgan fingerprint density at radius 3 is 3.36 bits per heavy atom. The van der Waals surface area contributed by atoms with Crippen LogP contribution in [0.25, 0.3) is 0 Å². The molecule has 0 aromatic carbocycles. The van der Waals surface area contributed by atoms with E-state index in [1.807, 2.05) is 0 Å². The molecular formula is C11H14. The second kappa shape index (κ2) is 2.71. The van der Waals surface area contributed by atoms with Gasteiger partial charge in [-0.2, -0.15) is 0 Å². The van der Waals surface area contributed by atoms with Gasteiger partial charge in [-0.1, -0.05) is 11.6 Å². The molecule has 2 aliphatic carbocycles. The largest absolute Gasteiger partial charge is 0.126 e. The predicted molar refractivity (Wildman–Crippen MR) is 47.3 cm³/mol. The SMILES string of the molecule is CC1=C=CCC2C=C(CC2)C1. The Morgan fingerprint density at radius 2 is 2.45 bits per heavy atom. The van der Waals surface area contributed by atoms with Crippen molar-refractivity contribution < 1.29 is 0 Å². The van der Waals surface area contributed by atoms with E-state index >= 15 is 0 Å². The monoisotopic (exact) mass is 146 g/mol. The summed E-state index contributed by atoms with van der Waals surface area (Å²) in [6.07, 6.45) is 9.77. The Bertz CT molecular complexity index is 249. The molecule has 11 heavy (non-hydrogen) atoms. The maximum absolute atomic E-state index is 3.34. The third kappa shape index (κ3) is 1.46. The molecule has 0 fully saturated rings. The van der Waals surface area contributed by atoms with Crippen LogP contribution >= 0.6 is 0 Å². The van der Waals surface area contributed by atoms with Crippen molar-refractivity contribution in [2.45, 2.75) is 32.6 Å². The van der Waals surface area contributed by atoms with Gasteiger partial charge in [0.25, 0.3) is 0 Å². The van der Waals surface area contributed by atoms with E-state index in [0.29, 0.717) is 0 Å². The molecule has 2 aliphatic rings. The van der Waals surface area contributed by atoms with Gasteiger partial charge < -0.3 is 0 Å². The van der Waals surface area contributed by atoms with Crippen LogP contribution in [0.2, 0.25) is 0 Å². The first-order valence-corrected chi connectivity index (χ1v) is 4.45. The molecule has 1 atom stereocenters. The fourth-order valence-electron chi connectivity index (χ4n) is 1.98. The summed E-state index contributed by atoms with van der Waals surface area (Å²) in [4.78, 5) is 0. The quantitative estimate of drug-likeness (QED) is 0.363. The van der Waals surface area contributed by atoms with Gasteiger partial charge >= 0.3 is 0 Å². The van der Waals surface area contributed by atoms with Gasteiger partial charge in [-0.3, -0.25) is 0 Å². The molecule has 58 valence electrons. The van der Waals surface area contributed by atoms with Gasteiger partial charge in [0.1, 0.15) is 0 Å². The Morgan fingerprint density at radius 1 is 1.55 bits per heavy atom. The average Bonchev–Trinajstić information content (AvgIpc) is 2.34. The summed E-state index contributed by atoms with van der Waals surface area (Å²) in [5, 5.41) is 0. The zero-order valence-electron chi connectivity index (χ0n) is 7.06. The van der Waals surface area contributed by atoms with Crippen LogP contribution in [0.3, 0.4) is 0 Å². The molecule has 0 nitrogen and oxygen atoms in total. The van der Waals surface area contributed by atoms with Crippen LogP contribution in [-0.2, 0) is 0 Å². The minimum atomic E-state index is 0.839.